The number of ether oxygens (including phenoxy) is 2. The van der Waals surface area contributed by atoms with Crippen molar-refractivity contribution in [2.75, 3.05) is 12.3 Å². The number of hydrogen-bond acceptors (Lipinski definition) is 6. The van der Waals surface area contributed by atoms with Gasteiger partial charge in [-0.1, -0.05) is 0 Å². The average molecular weight is 279 g/mol. The highest BCUT2D eigenvalue weighted by Crippen LogP contribution is 2.26. The largest absolute Gasteiger partial charge is 0.574 e. The van der Waals surface area contributed by atoms with Crippen LogP contribution < -0.4 is 16.2 Å². The fourth-order valence-electron chi connectivity index (χ4n) is 1.29. The Bertz CT molecular complexity index is 477. The summed E-state index contributed by atoms with van der Waals surface area (Å²) in [4.78, 5) is 15.0. The first-order chi connectivity index (χ1) is 8.78. The Morgan fingerprint density at radius 3 is 2.58 bits per heavy atom. The molecule has 0 aromatic carbocycles. The van der Waals surface area contributed by atoms with Crippen LogP contribution in [0, 0.1) is 0 Å². The molecule has 6 nitrogen and oxygen atoms in total. The molecular formula is C10H12F3N3O3. The van der Waals surface area contributed by atoms with Crippen molar-refractivity contribution in [1.29, 1.82) is 0 Å². The van der Waals surface area contributed by atoms with Crippen LogP contribution in [0.1, 0.15) is 23.0 Å². The van der Waals surface area contributed by atoms with Crippen LogP contribution in [0.15, 0.2) is 6.07 Å². The Balaban J connectivity index is 3.22. The molecule has 9 heteroatoms. The summed E-state index contributed by atoms with van der Waals surface area (Å²) in [6.45, 7) is 1.35. The maximum absolute atomic E-state index is 12.1. The minimum atomic E-state index is -4.93. The molecule has 0 aliphatic carbocycles. The van der Waals surface area contributed by atoms with Gasteiger partial charge in [0.05, 0.1) is 23.6 Å². The van der Waals surface area contributed by atoms with Crippen molar-refractivity contribution in [2.24, 2.45) is 5.73 Å². The summed E-state index contributed by atoms with van der Waals surface area (Å²) in [5.41, 5.74) is 10.4. The zero-order chi connectivity index (χ0) is 14.6. The summed E-state index contributed by atoms with van der Waals surface area (Å²) in [5.74, 6) is -1.69. The monoisotopic (exact) mass is 279 g/mol. The van der Waals surface area contributed by atoms with Gasteiger partial charge in [-0.3, -0.25) is 0 Å². The molecule has 4 N–H and O–H groups in total. The van der Waals surface area contributed by atoms with E-state index in [1.165, 1.54) is 0 Å². The summed E-state index contributed by atoms with van der Waals surface area (Å²) < 4.78 is 44.7. The molecule has 19 heavy (non-hydrogen) atoms. The van der Waals surface area contributed by atoms with E-state index in [2.05, 4.69) is 14.5 Å². The van der Waals surface area contributed by atoms with Crippen LogP contribution in [0.4, 0.5) is 18.9 Å². The lowest BCUT2D eigenvalue weighted by molar-refractivity contribution is -0.276. The summed E-state index contributed by atoms with van der Waals surface area (Å²) in [7, 11) is 0. The molecule has 0 spiro atoms. The summed E-state index contributed by atoms with van der Waals surface area (Å²) in [5, 5.41) is 0. The van der Waals surface area contributed by atoms with Crippen LogP contribution in [-0.4, -0.2) is 23.9 Å². The van der Waals surface area contributed by atoms with Gasteiger partial charge in [-0.25, -0.2) is 9.78 Å². The number of aromatic nitrogens is 1. The van der Waals surface area contributed by atoms with E-state index in [-0.39, 0.29) is 30.1 Å². The Kier molecular flexibility index (Phi) is 4.54. The quantitative estimate of drug-likeness (QED) is 0.803. The number of hydrogen-bond donors (Lipinski definition) is 2. The van der Waals surface area contributed by atoms with Crippen molar-refractivity contribution >= 4 is 11.7 Å². The lowest BCUT2D eigenvalue weighted by Crippen LogP contribution is -2.20. The molecule has 0 unspecified atom stereocenters. The number of halogens is 3. The van der Waals surface area contributed by atoms with Crippen molar-refractivity contribution in [3.8, 4) is 5.88 Å². The third-order valence-corrected chi connectivity index (χ3v) is 2.02. The van der Waals surface area contributed by atoms with Gasteiger partial charge in [-0.05, 0) is 6.92 Å². The lowest BCUT2D eigenvalue weighted by atomic mass is 10.1. The maximum Gasteiger partial charge on any atom is 0.574 e. The van der Waals surface area contributed by atoms with Gasteiger partial charge in [-0.2, -0.15) is 0 Å². The van der Waals surface area contributed by atoms with Crippen molar-refractivity contribution in [2.45, 2.75) is 19.8 Å². The van der Waals surface area contributed by atoms with Crippen molar-refractivity contribution in [1.82, 2.24) is 4.98 Å². The highest BCUT2D eigenvalue weighted by atomic mass is 19.4. The molecule has 0 atom stereocenters. The van der Waals surface area contributed by atoms with E-state index in [9.17, 15) is 18.0 Å². The molecular weight excluding hydrogens is 267 g/mol. The fraction of sp³-hybridized carbons (Fsp3) is 0.400. The topological polar surface area (TPSA) is 100 Å². The first kappa shape index (κ1) is 15.0. The van der Waals surface area contributed by atoms with Gasteiger partial charge in [-0.15, -0.1) is 13.2 Å². The molecule has 0 radical (unpaired) electrons. The van der Waals surface area contributed by atoms with E-state index >= 15 is 0 Å². The van der Waals surface area contributed by atoms with Crippen LogP contribution in [0.25, 0.3) is 0 Å². The molecule has 1 rings (SSSR count). The predicted octanol–water partition coefficient (Wildman–Crippen LogP) is 1.20. The van der Waals surface area contributed by atoms with Gasteiger partial charge < -0.3 is 20.9 Å². The molecule has 0 saturated heterocycles. The SMILES string of the molecule is CCOC(=O)c1cc(OC(F)(F)F)nc(CN)c1N. The number of nitrogens with zero attached hydrogens (tertiary/aromatic N) is 1. The van der Waals surface area contributed by atoms with Crippen LogP contribution in [-0.2, 0) is 11.3 Å². The van der Waals surface area contributed by atoms with E-state index in [0.717, 1.165) is 6.07 Å². The molecule has 1 aromatic rings. The molecule has 0 bridgehead atoms. The molecule has 0 aliphatic rings. The number of nitrogens with two attached hydrogens (primary N) is 2. The standard InChI is InChI=1S/C10H12F3N3O3/c1-2-18-9(17)5-3-7(19-10(11,12)13)16-6(4-14)8(5)15/h3H,2,4,14-15H2,1H3. The summed E-state index contributed by atoms with van der Waals surface area (Å²) in [6.07, 6.45) is -4.93. The number of alkyl halides is 3. The van der Waals surface area contributed by atoms with Gasteiger partial charge in [0.1, 0.15) is 0 Å². The van der Waals surface area contributed by atoms with E-state index < -0.39 is 18.2 Å². The van der Waals surface area contributed by atoms with Crippen LogP contribution in [0.2, 0.25) is 0 Å². The molecule has 0 aliphatic heterocycles. The van der Waals surface area contributed by atoms with Gasteiger partial charge in [0, 0.05) is 12.6 Å². The normalized spacial score (nSPS) is 11.2. The smallest absolute Gasteiger partial charge is 0.462 e. The van der Waals surface area contributed by atoms with Crippen molar-refractivity contribution < 1.29 is 27.4 Å². The van der Waals surface area contributed by atoms with Gasteiger partial charge >= 0.3 is 12.3 Å². The first-order valence-electron chi connectivity index (χ1n) is 5.20. The molecule has 0 amide bonds. The number of carbonyl (C=O) groups excluding carboxylic acids is 1. The zero-order valence-electron chi connectivity index (χ0n) is 9.95. The minimum absolute atomic E-state index is 0.0496. The number of nitrogen functional groups attached to an aromatic ring is 1. The van der Waals surface area contributed by atoms with Gasteiger partial charge in [0.25, 0.3) is 0 Å². The Hall–Kier alpha value is -2.03. The number of pyridine rings is 1. The van der Waals surface area contributed by atoms with E-state index in [1.54, 1.807) is 6.92 Å². The van der Waals surface area contributed by atoms with Crippen LogP contribution in [0.3, 0.4) is 0 Å². The van der Waals surface area contributed by atoms with Gasteiger partial charge in [0.15, 0.2) is 0 Å². The molecule has 1 heterocycles. The number of rotatable bonds is 4. The maximum atomic E-state index is 12.1. The Morgan fingerprint density at radius 1 is 1.47 bits per heavy atom. The highest BCUT2D eigenvalue weighted by molar-refractivity contribution is 5.95. The van der Waals surface area contributed by atoms with Gasteiger partial charge in [0.2, 0.25) is 5.88 Å². The average Bonchev–Trinajstić information content (AvgIpc) is 2.29. The minimum Gasteiger partial charge on any atom is -0.462 e. The van der Waals surface area contributed by atoms with E-state index in [4.69, 9.17) is 11.5 Å². The molecule has 106 valence electrons. The highest BCUT2D eigenvalue weighted by Gasteiger charge is 2.32. The van der Waals surface area contributed by atoms with E-state index in [1.807, 2.05) is 0 Å². The van der Waals surface area contributed by atoms with E-state index in [0.29, 0.717) is 0 Å². The van der Waals surface area contributed by atoms with Crippen LogP contribution >= 0.6 is 0 Å². The summed E-state index contributed by atoms with van der Waals surface area (Å²) in [6, 6.07) is 0.764. The third kappa shape index (κ3) is 3.98. The van der Waals surface area contributed by atoms with Crippen LogP contribution in [0.5, 0.6) is 5.88 Å². The number of esters is 1. The molecule has 0 fully saturated rings. The number of anilines is 1. The second-order valence-electron chi connectivity index (χ2n) is 3.34. The van der Waals surface area contributed by atoms with Crippen molar-refractivity contribution in [3.05, 3.63) is 17.3 Å². The summed E-state index contributed by atoms with van der Waals surface area (Å²) >= 11 is 0. The third-order valence-electron chi connectivity index (χ3n) is 2.02. The second-order valence-corrected chi connectivity index (χ2v) is 3.34. The fourth-order valence-corrected chi connectivity index (χ4v) is 1.29. The molecule has 0 saturated carbocycles. The zero-order valence-corrected chi connectivity index (χ0v) is 9.95. The molecule has 1 aromatic heterocycles. The predicted molar refractivity (Wildman–Crippen MR) is 59.2 cm³/mol. The first-order valence-corrected chi connectivity index (χ1v) is 5.20. The Labute approximate surface area is 106 Å². The second kappa shape index (κ2) is 5.74. The van der Waals surface area contributed by atoms with Crippen molar-refractivity contribution in [3.63, 3.8) is 0 Å². The Morgan fingerprint density at radius 2 is 2.11 bits per heavy atom. The lowest BCUT2D eigenvalue weighted by Gasteiger charge is -2.13. The number of carbonyl (C=O) groups is 1.